The Hall–Kier alpha value is -1.76. The van der Waals surface area contributed by atoms with Gasteiger partial charge < -0.3 is 10.4 Å². The maximum absolute atomic E-state index is 11.8. The van der Waals surface area contributed by atoms with Crippen molar-refractivity contribution in [3.05, 3.63) is 30.1 Å². The number of carboxylic acids is 1. The van der Waals surface area contributed by atoms with Crippen molar-refractivity contribution >= 4 is 22.7 Å². The van der Waals surface area contributed by atoms with E-state index in [1.807, 2.05) is 6.07 Å². The van der Waals surface area contributed by atoms with E-state index in [2.05, 4.69) is 10.3 Å². The van der Waals surface area contributed by atoms with Crippen molar-refractivity contribution in [2.75, 3.05) is 11.5 Å². The summed E-state index contributed by atoms with van der Waals surface area (Å²) in [7, 11) is -1.31. The minimum Gasteiger partial charge on any atom is -0.480 e. The van der Waals surface area contributed by atoms with Gasteiger partial charge in [0.1, 0.15) is 6.04 Å². The highest BCUT2D eigenvalue weighted by Gasteiger charge is 2.20. The molecule has 0 aliphatic rings. The van der Waals surface area contributed by atoms with Gasteiger partial charge in [-0.05, 0) is 18.1 Å². The number of carbonyl (C=O) groups is 2. The molecule has 0 radical (unpaired) electrons. The van der Waals surface area contributed by atoms with Gasteiger partial charge >= 0.3 is 5.97 Å². The molecule has 0 aliphatic heterocycles. The number of amides is 1. The first-order valence-electron chi connectivity index (χ1n) is 5.73. The second-order valence-electron chi connectivity index (χ2n) is 4.01. The summed E-state index contributed by atoms with van der Waals surface area (Å²) in [5.74, 6) is -1.37. The van der Waals surface area contributed by atoms with Crippen molar-refractivity contribution < 1.29 is 18.9 Å². The van der Waals surface area contributed by atoms with E-state index in [9.17, 15) is 13.8 Å². The number of nitrogens with one attached hydrogen (secondary N) is 1. The molecule has 2 atom stereocenters. The zero-order chi connectivity index (χ0) is 14.3. The molecule has 7 heteroatoms. The summed E-state index contributed by atoms with van der Waals surface area (Å²) in [5.41, 5.74) is 0.947. The molecule has 2 N–H and O–H groups in total. The molecule has 0 aromatic carbocycles. The molecule has 1 rings (SSSR count). The summed E-state index contributed by atoms with van der Waals surface area (Å²) in [5, 5.41) is 11.2. The van der Waals surface area contributed by atoms with Gasteiger partial charge in [-0.3, -0.25) is 14.0 Å². The van der Waals surface area contributed by atoms with E-state index >= 15 is 0 Å². The van der Waals surface area contributed by atoms with E-state index in [-0.39, 0.29) is 5.75 Å². The second kappa shape index (κ2) is 7.63. The molecule has 1 amide bonds. The lowest BCUT2D eigenvalue weighted by atomic mass is 10.2. The molecule has 6 nitrogen and oxygen atoms in total. The number of aliphatic carboxylic acids is 1. The largest absolute Gasteiger partial charge is 0.480 e. The second-order valence-corrected chi connectivity index (χ2v) is 5.63. The lowest BCUT2D eigenvalue weighted by molar-refractivity contribution is -0.140. The third-order valence-corrected chi connectivity index (χ3v) is 3.73. The van der Waals surface area contributed by atoms with Gasteiger partial charge in [-0.1, -0.05) is 6.07 Å². The van der Waals surface area contributed by atoms with E-state index in [1.165, 1.54) is 6.92 Å². The van der Waals surface area contributed by atoms with Gasteiger partial charge in [-0.15, -0.1) is 0 Å². The van der Waals surface area contributed by atoms with E-state index in [0.29, 0.717) is 12.2 Å². The third-order valence-electron chi connectivity index (χ3n) is 2.37. The highest BCUT2D eigenvalue weighted by Crippen LogP contribution is 2.00. The molecule has 0 bridgehead atoms. The molecule has 104 valence electrons. The Bertz CT molecular complexity index is 464. The zero-order valence-corrected chi connectivity index (χ0v) is 11.4. The average molecular weight is 284 g/mol. The van der Waals surface area contributed by atoms with Crippen molar-refractivity contribution in [2.24, 2.45) is 0 Å². The fourth-order valence-electron chi connectivity index (χ4n) is 1.47. The van der Waals surface area contributed by atoms with Gasteiger partial charge in [0.25, 0.3) is 0 Å². The van der Waals surface area contributed by atoms with Crippen LogP contribution in [-0.2, 0) is 26.8 Å². The van der Waals surface area contributed by atoms with Crippen LogP contribution in [0.4, 0.5) is 0 Å². The molecule has 0 aliphatic carbocycles. The number of pyridine rings is 1. The molecular formula is C12H16N2O4S. The predicted molar refractivity (Wildman–Crippen MR) is 71.1 cm³/mol. The van der Waals surface area contributed by atoms with E-state index in [1.54, 1.807) is 18.5 Å². The van der Waals surface area contributed by atoms with Crippen LogP contribution in [0.1, 0.15) is 12.5 Å². The SMILES string of the molecule is CC(=O)NC(CS(=O)CCc1cccnc1)C(=O)O. The normalized spacial score (nSPS) is 13.5. The Morgan fingerprint density at radius 1 is 1.53 bits per heavy atom. The molecule has 1 heterocycles. The Morgan fingerprint density at radius 2 is 2.26 bits per heavy atom. The summed E-state index contributed by atoms with van der Waals surface area (Å²) in [6.45, 7) is 1.23. The van der Waals surface area contributed by atoms with Crippen LogP contribution in [0.3, 0.4) is 0 Å². The van der Waals surface area contributed by atoms with Crippen molar-refractivity contribution in [3.8, 4) is 0 Å². The molecule has 0 saturated heterocycles. The Labute approximate surface area is 113 Å². The van der Waals surface area contributed by atoms with Crippen LogP contribution in [0, 0.1) is 0 Å². The number of aryl methyl sites for hydroxylation is 1. The van der Waals surface area contributed by atoms with Crippen molar-refractivity contribution in [2.45, 2.75) is 19.4 Å². The van der Waals surface area contributed by atoms with Crippen LogP contribution < -0.4 is 5.32 Å². The summed E-state index contributed by atoms with van der Waals surface area (Å²) in [4.78, 5) is 25.7. The number of carboxylic acid groups (broad SMARTS) is 1. The van der Waals surface area contributed by atoms with Crippen molar-refractivity contribution in [1.29, 1.82) is 0 Å². The van der Waals surface area contributed by atoms with E-state index < -0.39 is 28.7 Å². The van der Waals surface area contributed by atoms with E-state index in [0.717, 1.165) is 5.56 Å². The molecule has 0 fully saturated rings. The summed E-state index contributed by atoms with van der Waals surface area (Å²) in [6, 6.07) is 2.55. The zero-order valence-electron chi connectivity index (χ0n) is 10.5. The quantitative estimate of drug-likeness (QED) is 0.732. The fourth-order valence-corrected chi connectivity index (χ4v) is 2.69. The van der Waals surface area contributed by atoms with Crippen LogP contribution in [0.5, 0.6) is 0 Å². The molecule has 2 unspecified atom stereocenters. The van der Waals surface area contributed by atoms with Gasteiger partial charge in [0.2, 0.25) is 5.91 Å². The predicted octanol–water partition coefficient (Wildman–Crippen LogP) is -0.0379. The Balaban J connectivity index is 2.45. The topological polar surface area (TPSA) is 96.4 Å². The van der Waals surface area contributed by atoms with Crippen LogP contribution in [0.15, 0.2) is 24.5 Å². The van der Waals surface area contributed by atoms with Gasteiger partial charge in [0.05, 0.1) is 5.75 Å². The summed E-state index contributed by atoms with van der Waals surface area (Å²) >= 11 is 0. The molecule has 19 heavy (non-hydrogen) atoms. The van der Waals surface area contributed by atoms with Gasteiger partial charge in [0, 0.05) is 35.9 Å². The number of rotatable bonds is 7. The van der Waals surface area contributed by atoms with E-state index in [4.69, 9.17) is 5.11 Å². The highest BCUT2D eigenvalue weighted by molar-refractivity contribution is 7.85. The average Bonchev–Trinajstić information content (AvgIpc) is 2.36. The standard InChI is InChI=1S/C12H16N2O4S/c1-9(15)14-11(12(16)17)8-19(18)6-4-10-3-2-5-13-7-10/h2-3,5,7,11H,4,6,8H2,1H3,(H,14,15)(H,16,17). The van der Waals surface area contributed by atoms with Crippen LogP contribution in [0.25, 0.3) is 0 Å². The number of nitrogens with zero attached hydrogens (tertiary/aromatic N) is 1. The molecular weight excluding hydrogens is 268 g/mol. The first kappa shape index (κ1) is 15.3. The summed E-state index contributed by atoms with van der Waals surface area (Å²) in [6.07, 6.45) is 3.89. The number of aromatic nitrogens is 1. The maximum Gasteiger partial charge on any atom is 0.327 e. The van der Waals surface area contributed by atoms with Crippen LogP contribution in [0.2, 0.25) is 0 Å². The monoisotopic (exact) mass is 284 g/mol. The number of hydrogen-bond acceptors (Lipinski definition) is 4. The summed E-state index contributed by atoms with van der Waals surface area (Å²) < 4.78 is 11.8. The molecule has 1 aromatic rings. The van der Waals surface area contributed by atoms with Crippen LogP contribution >= 0.6 is 0 Å². The van der Waals surface area contributed by atoms with Gasteiger partial charge in [-0.2, -0.15) is 0 Å². The number of hydrogen-bond donors (Lipinski definition) is 2. The van der Waals surface area contributed by atoms with Crippen molar-refractivity contribution in [1.82, 2.24) is 10.3 Å². The highest BCUT2D eigenvalue weighted by atomic mass is 32.2. The minimum absolute atomic E-state index is 0.0881. The lowest BCUT2D eigenvalue weighted by Crippen LogP contribution is -2.43. The minimum atomic E-state index is -1.31. The Morgan fingerprint density at radius 3 is 2.79 bits per heavy atom. The fraction of sp³-hybridized carbons (Fsp3) is 0.417. The smallest absolute Gasteiger partial charge is 0.327 e. The van der Waals surface area contributed by atoms with Crippen LogP contribution in [-0.4, -0.2) is 43.7 Å². The number of carbonyl (C=O) groups excluding carboxylic acids is 1. The lowest BCUT2D eigenvalue weighted by Gasteiger charge is -2.12. The molecule has 0 spiro atoms. The molecule has 1 aromatic heterocycles. The van der Waals surface area contributed by atoms with Gasteiger partial charge in [-0.25, -0.2) is 4.79 Å². The molecule has 0 saturated carbocycles. The van der Waals surface area contributed by atoms with Crippen molar-refractivity contribution in [3.63, 3.8) is 0 Å². The first-order chi connectivity index (χ1) is 8.99. The first-order valence-corrected chi connectivity index (χ1v) is 7.21. The maximum atomic E-state index is 11.8. The Kier molecular flexibility index (Phi) is 6.14. The van der Waals surface area contributed by atoms with Gasteiger partial charge in [0.15, 0.2) is 0 Å². The third kappa shape index (κ3) is 6.10.